The molecule has 0 radical (unpaired) electrons. The van der Waals surface area contributed by atoms with Gasteiger partial charge in [-0.3, -0.25) is 4.79 Å². The van der Waals surface area contributed by atoms with E-state index < -0.39 is 16.1 Å². The zero-order valence-electron chi connectivity index (χ0n) is 13.2. The number of hydrogen-bond acceptors (Lipinski definition) is 5. The van der Waals surface area contributed by atoms with Crippen LogP contribution in [0.2, 0.25) is 0 Å². The number of amides is 1. The Morgan fingerprint density at radius 1 is 1.30 bits per heavy atom. The lowest BCUT2D eigenvalue weighted by Crippen LogP contribution is -2.44. The Morgan fingerprint density at radius 2 is 1.96 bits per heavy atom. The highest BCUT2D eigenvalue weighted by atomic mass is 32.2. The first-order valence-corrected chi connectivity index (χ1v) is 8.66. The van der Waals surface area contributed by atoms with Crippen LogP contribution in [0.3, 0.4) is 0 Å². The predicted molar refractivity (Wildman–Crippen MR) is 85.9 cm³/mol. The average Bonchev–Trinajstić information content (AvgIpc) is 2.94. The van der Waals surface area contributed by atoms with E-state index in [4.69, 9.17) is 4.52 Å². The van der Waals surface area contributed by atoms with E-state index in [2.05, 4.69) is 9.88 Å². The summed E-state index contributed by atoms with van der Waals surface area (Å²) in [5.41, 5.74) is 1.40. The second kappa shape index (κ2) is 6.93. The molecular formula is C15H19N3O4S. The van der Waals surface area contributed by atoms with Gasteiger partial charge in [0.25, 0.3) is 0 Å². The SMILES string of the molecule is C[C@@H](NS(=O)(=O)Cc1cc(-c2ccccc2)no1)C(=O)N(C)C. The van der Waals surface area contributed by atoms with E-state index in [0.717, 1.165) is 5.56 Å². The number of hydrogen-bond donors (Lipinski definition) is 1. The number of nitrogens with zero attached hydrogens (tertiary/aromatic N) is 2. The van der Waals surface area contributed by atoms with Crippen LogP contribution in [0.4, 0.5) is 0 Å². The monoisotopic (exact) mass is 337 g/mol. The Kier molecular flexibility index (Phi) is 5.17. The van der Waals surface area contributed by atoms with Gasteiger partial charge < -0.3 is 9.42 Å². The molecular weight excluding hydrogens is 318 g/mol. The highest BCUT2D eigenvalue weighted by molar-refractivity contribution is 7.88. The van der Waals surface area contributed by atoms with E-state index >= 15 is 0 Å². The number of likely N-dealkylation sites (N-methyl/N-ethyl adjacent to an activating group) is 1. The molecule has 0 aliphatic heterocycles. The van der Waals surface area contributed by atoms with Gasteiger partial charge in [-0.2, -0.15) is 0 Å². The fourth-order valence-electron chi connectivity index (χ4n) is 2.06. The van der Waals surface area contributed by atoms with E-state index in [9.17, 15) is 13.2 Å². The number of nitrogens with one attached hydrogen (secondary N) is 1. The van der Waals surface area contributed by atoms with Gasteiger partial charge in [0.05, 0.1) is 6.04 Å². The van der Waals surface area contributed by atoms with Crippen LogP contribution in [0.1, 0.15) is 12.7 Å². The first-order valence-electron chi connectivity index (χ1n) is 7.00. The number of rotatable bonds is 6. The third-order valence-corrected chi connectivity index (χ3v) is 4.51. The molecule has 1 atom stereocenters. The molecule has 1 amide bonds. The van der Waals surface area contributed by atoms with E-state index in [1.807, 2.05) is 30.3 Å². The lowest BCUT2D eigenvalue weighted by atomic mass is 10.1. The van der Waals surface area contributed by atoms with Crippen molar-refractivity contribution in [3.8, 4) is 11.3 Å². The van der Waals surface area contributed by atoms with Crippen molar-refractivity contribution in [2.45, 2.75) is 18.7 Å². The first-order chi connectivity index (χ1) is 10.8. The minimum absolute atomic E-state index is 0.209. The van der Waals surface area contributed by atoms with Gasteiger partial charge in [-0.25, -0.2) is 13.1 Å². The summed E-state index contributed by atoms with van der Waals surface area (Å²) in [5, 5.41) is 3.87. The quantitative estimate of drug-likeness (QED) is 0.856. The summed E-state index contributed by atoms with van der Waals surface area (Å²) in [6.07, 6.45) is 0. The second-order valence-corrected chi connectivity index (χ2v) is 7.13. The molecule has 2 aromatic rings. The molecule has 1 aromatic carbocycles. The van der Waals surface area contributed by atoms with Crippen molar-refractivity contribution < 1.29 is 17.7 Å². The van der Waals surface area contributed by atoms with Crippen molar-refractivity contribution in [3.05, 3.63) is 42.2 Å². The molecule has 0 saturated heterocycles. The van der Waals surface area contributed by atoms with Crippen LogP contribution < -0.4 is 4.72 Å². The van der Waals surface area contributed by atoms with Crippen molar-refractivity contribution in [3.63, 3.8) is 0 Å². The van der Waals surface area contributed by atoms with Gasteiger partial charge in [-0.05, 0) is 6.92 Å². The van der Waals surface area contributed by atoms with Crippen molar-refractivity contribution in [1.29, 1.82) is 0 Å². The standard InChI is InChI=1S/C15H19N3O4S/c1-11(15(19)18(2)3)17-23(20,21)10-13-9-14(16-22-13)12-7-5-4-6-8-12/h4-9,11,17H,10H2,1-3H3/t11-/m1/s1. The summed E-state index contributed by atoms with van der Waals surface area (Å²) >= 11 is 0. The molecule has 0 unspecified atom stereocenters. The van der Waals surface area contributed by atoms with Gasteiger partial charge in [0, 0.05) is 25.7 Å². The largest absolute Gasteiger partial charge is 0.360 e. The molecule has 0 fully saturated rings. The molecule has 0 spiro atoms. The smallest absolute Gasteiger partial charge is 0.239 e. The molecule has 23 heavy (non-hydrogen) atoms. The predicted octanol–water partition coefficient (Wildman–Crippen LogP) is 1.24. The van der Waals surface area contributed by atoms with Crippen molar-refractivity contribution in [1.82, 2.24) is 14.8 Å². The number of benzene rings is 1. The Bertz CT molecular complexity index is 769. The van der Waals surface area contributed by atoms with E-state index in [1.54, 1.807) is 20.2 Å². The first kappa shape index (κ1) is 17.2. The van der Waals surface area contributed by atoms with Gasteiger partial charge in [-0.15, -0.1) is 0 Å². The second-order valence-electron chi connectivity index (χ2n) is 5.38. The Morgan fingerprint density at radius 3 is 2.57 bits per heavy atom. The maximum Gasteiger partial charge on any atom is 0.239 e. The zero-order valence-corrected chi connectivity index (χ0v) is 14.0. The molecule has 124 valence electrons. The van der Waals surface area contributed by atoms with E-state index in [1.165, 1.54) is 11.8 Å². The van der Waals surface area contributed by atoms with Gasteiger partial charge in [0.1, 0.15) is 11.4 Å². The van der Waals surface area contributed by atoms with Gasteiger partial charge in [-0.1, -0.05) is 35.5 Å². The third-order valence-electron chi connectivity index (χ3n) is 3.13. The van der Waals surface area contributed by atoms with E-state index in [0.29, 0.717) is 5.69 Å². The number of carbonyl (C=O) groups is 1. The topological polar surface area (TPSA) is 92.5 Å². The summed E-state index contributed by atoms with van der Waals surface area (Å²) in [4.78, 5) is 13.1. The number of sulfonamides is 1. The molecule has 7 nitrogen and oxygen atoms in total. The van der Waals surface area contributed by atoms with Gasteiger partial charge in [0.15, 0.2) is 5.76 Å². The van der Waals surface area contributed by atoms with Crippen LogP contribution in [0.15, 0.2) is 40.9 Å². The molecule has 0 aliphatic carbocycles. The summed E-state index contributed by atoms with van der Waals surface area (Å²) in [6, 6.07) is 10.0. The highest BCUT2D eigenvalue weighted by Crippen LogP contribution is 2.19. The Hall–Kier alpha value is -2.19. The van der Waals surface area contributed by atoms with Crippen LogP contribution in [-0.4, -0.2) is 44.5 Å². The molecule has 1 aromatic heterocycles. The van der Waals surface area contributed by atoms with Crippen molar-refractivity contribution in [2.24, 2.45) is 0 Å². The summed E-state index contributed by atoms with van der Waals surface area (Å²) in [6.45, 7) is 1.50. The molecule has 0 saturated carbocycles. The van der Waals surface area contributed by atoms with Crippen LogP contribution in [-0.2, 0) is 20.6 Å². The number of carbonyl (C=O) groups excluding carboxylic acids is 1. The van der Waals surface area contributed by atoms with Crippen LogP contribution in [0.5, 0.6) is 0 Å². The minimum Gasteiger partial charge on any atom is -0.360 e. The molecule has 0 aliphatic rings. The molecule has 2 rings (SSSR count). The lowest BCUT2D eigenvalue weighted by Gasteiger charge is -2.17. The molecule has 8 heteroatoms. The zero-order chi connectivity index (χ0) is 17.0. The molecule has 0 bridgehead atoms. The van der Waals surface area contributed by atoms with Crippen LogP contribution >= 0.6 is 0 Å². The van der Waals surface area contributed by atoms with Crippen molar-refractivity contribution >= 4 is 15.9 Å². The summed E-state index contributed by atoms with van der Waals surface area (Å²) < 4.78 is 31.6. The third kappa shape index (κ3) is 4.64. The summed E-state index contributed by atoms with van der Waals surface area (Å²) in [5.74, 6) is -0.491. The van der Waals surface area contributed by atoms with Crippen LogP contribution in [0.25, 0.3) is 11.3 Å². The van der Waals surface area contributed by atoms with Crippen LogP contribution in [0, 0.1) is 0 Å². The van der Waals surface area contributed by atoms with Gasteiger partial charge >= 0.3 is 0 Å². The minimum atomic E-state index is -3.71. The molecule has 1 N–H and O–H groups in total. The fraction of sp³-hybridized carbons (Fsp3) is 0.333. The highest BCUT2D eigenvalue weighted by Gasteiger charge is 2.23. The van der Waals surface area contributed by atoms with E-state index in [-0.39, 0.29) is 17.4 Å². The normalized spacial score (nSPS) is 12.8. The van der Waals surface area contributed by atoms with Crippen molar-refractivity contribution in [2.75, 3.05) is 14.1 Å². The maximum atomic E-state index is 12.1. The maximum absolute atomic E-state index is 12.1. The Labute approximate surface area is 135 Å². The van der Waals surface area contributed by atoms with Gasteiger partial charge in [0.2, 0.25) is 15.9 Å². The summed E-state index contributed by atoms with van der Waals surface area (Å²) in [7, 11) is -0.582. The molecule has 1 heterocycles. The Balaban J connectivity index is 2.07. The lowest BCUT2D eigenvalue weighted by molar-refractivity contribution is -0.130. The number of aromatic nitrogens is 1. The average molecular weight is 337 g/mol. The fourth-order valence-corrected chi connectivity index (χ4v) is 3.30.